The van der Waals surface area contributed by atoms with Gasteiger partial charge in [0.2, 0.25) is 5.91 Å². The van der Waals surface area contributed by atoms with E-state index in [9.17, 15) is 14.0 Å². The topological polar surface area (TPSA) is 57.6 Å². The molecule has 4 rings (SSSR count). The first kappa shape index (κ1) is 20.7. The van der Waals surface area contributed by atoms with Gasteiger partial charge in [0, 0.05) is 31.5 Å². The van der Waals surface area contributed by atoms with E-state index in [-0.39, 0.29) is 24.2 Å². The molecule has 1 atom stereocenters. The number of amides is 3. The van der Waals surface area contributed by atoms with Crippen molar-refractivity contribution in [3.05, 3.63) is 90.0 Å². The molecule has 3 aromatic rings. The third kappa shape index (κ3) is 4.30. The van der Waals surface area contributed by atoms with Crippen molar-refractivity contribution < 1.29 is 14.0 Å². The van der Waals surface area contributed by atoms with Gasteiger partial charge in [-0.25, -0.2) is 9.18 Å². The normalized spacial score (nSPS) is 15.3. The maximum absolute atomic E-state index is 13.9. The summed E-state index contributed by atoms with van der Waals surface area (Å²) in [6.45, 7) is 3.29. The molecule has 1 aromatic heterocycles. The van der Waals surface area contributed by atoms with Crippen LogP contribution in [0.2, 0.25) is 0 Å². The second-order valence-electron chi connectivity index (χ2n) is 7.45. The first-order valence-electron chi connectivity index (χ1n) is 10.4. The van der Waals surface area contributed by atoms with Crippen molar-refractivity contribution >= 4 is 17.6 Å². The van der Waals surface area contributed by atoms with Gasteiger partial charge in [0.1, 0.15) is 12.4 Å². The van der Waals surface area contributed by atoms with Crippen LogP contribution in [0.3, 0.4) is 0 Å². The van der Waals surface area contributed by atoms with Gasteiger partial charge >= 0.3 is 6.03 Å². The lowest BCUT2D eigenvalue weighted by Gasteiger charge is -2.38. The summed E-state index contributed by atoms with van der Waals surface area (Å²) in [4.78, 5) is 29.2. The number of carbonyl (C=O) groups is 2. The van der Waals surface area contributed by atoms with Gasteiger partial charge in [-0.15, -0.1) is 0 Å². The van der Waals surface area contributed by atoms with Crippen LogP contribution in [-0.4, -0.2) is 45.9 Å². The molecule has 160 valence electrons. The number of hydrogen-bond donors (Lipinski definition) is 1. The number of carbonyl (C=O) groups excluding carboxylic acids is 2. The van der Waals surface area contributed by atoms with E-state index in [2.05, 4.69) is 9.88 Å². The second kappa shape index (κ2) is 9.04. The highest BCUT2D eigenvalue weighted by Crippen LogP contribution is 2.32. The summed E-state index contributed by atoms with van der Waals surface area (Å²) in [5.41, 5.74) is 2.16. The lowest BCUT2D eigenvalue weighted by molar-refractivity contribution is -0.134. The number of urea groups is 1. The summed E-state index contributed by atoms with van der Waals surface area (Å²) in [6, 6.07) is 19.2. The van der Waals surface area contributed by atoms with Crippen molar-refractivity contribution in [2.24, 2.45) is 0 Å². The zero-order chi connectivity index (χ0) is 21.8. The number of nitrogens with zero attached hydrogens (tertiary/aromatic N) is 3. The monoisotopic (exact) mass is 420 g/mol. The zero-order valence-corrected chi connectivity index (χ0v) is 17.4. The Balaban J connectivity index is 1.53. The molecular weight excluding hydrogens is 395 g/mol. The molecule has 0 saturated heterocycles. The van der Waals surface area contributed by atoms with E-state index in [1.54, 1.807) is 19.1 Å². The van der Waals surface area contributed by atoms with Crippen molar-refractivity contribution in [1.82, 2.24) is 14.4 Å². The Bertz CT molecular complexity index is 1070. The van der Waals surface area contributed by atoms with Gasteiger partial charge in [-0.1, -0.05) is 42.5 Å². The number of fused-ring (bicyclic) bond motifs is 1. The quantitative estimate of drug-likeness (QED) is 0.675. The van der Waals surface area contributed by atoms with Crippen molar-refractivity contribution in [2.45, 2.75) is 19.5 Å². The standard InChI is InChI=1S/C24H25FN4O2/c1-2-27(24(31)26-20-12-7-6-11-19(20)25)17-22(30)29-16-15-28-14-8-13-21(28)23(29)18-9-4-3-5-10-18/h3-14,23H,2,15-17H2,1H3,(H,26,31). The van der Waals surface area contributed by atoms with Crippen LogP contribution in [-0.2, 0) is 11.3 Å². The molecule has 1 aliphatic heterocycles. The highest BCUT2D eigenvalue weighted by Gasteiger charge is 2.33. The van der Waals surface area contributed by atoms with Gasteiger partial charge < -0.3 is 19.7 Å². The Hall–Kier alpha value is -3.61. The highest BCUT2D eigenvalue weighted by atomic mass is 19.1. The summed E-state index contributed by atoms with van der Waals surface area (Å²) in [6.07, 6.45) is 2.02. The van der Waals surface area contributed by atoms with Crippen molar-refractivity contribution in [3.8, 4) is 0 Å². The summed E-state index contributed by atoms with van der Waals surface area (Å²) in [5.74, 6) is -0.661. The van der Waals surface area contributed by atoms with Gasteiger partial charge in [0.05, 0.1) is 11.7 Å². The predicted octanol–water partition coefficient (Wildman–Crippen LogP) is 4.11. The van der Waals surface area contributed by atoms with Crippen LogP contribution in [0.5, 0.6) is 0 Å². The lowest BCUT2D eigenvalue weighted by Crippen LogP contribution is -2.48. The Morgan fingerprint density at radius 2 is 1.77 bits per heavy atom. The molecule has 31 heavy (non-hydrogen) atoms. The molecule has 0 spiro atoms. The SMILES string of the molecule is CCN(CC(=O)N1CCn2cccc2C1c1ccccc1)C(=O)Nc1ccccc1F. The maximum atomic E-state index is 13.9. The lowest BCUT2D eigenvalue weighted by atomic mass is 10.00. The maximum Gasteiger partial charge on any atom is 0.322 e. The molecule has 6 nitrogen and oxygen atoms in total. The number of hydrogen-bond acceptors (Lipinski definition) is 2. The number of halogens is 1. The number of anilines is 1. The number of rotatable bonds is 5. The van der Waals surface area contributed by atoms with Crippen LogP contribution in [0.25, 0.3) is 0 Å². The van der Waals surface area contributed by atoms with Crippen molar-refractivity contribution in [1.29, 1.82) is 0 Å². The third-order valence-corrected chi connectivity index (χ3v) is 5.58. The van der Waals surface area contributed by atoms with E-state index in [1.165, 1.54) is 17.0 Å². The highest BCUT2D eigenvalue weighted by molar-refractivity contribution is 5.92. The number of benzene rings is 2. The molecule has 0 saturated carbocycles. The van der Waals surface area contributed by atoms with Gasteiger partial charge in [-0.2, -0.15) is 0 Å². The Kier molecular flexibility index (Phi) is 6.02. The number of aromatic nitrogens is 1. The summed E-state index contributed by atoms with van der Waals surface area (Å²) in [5, 5.41) is 2.56. The molecule has 0 radical (unpaired) electrons. The van der Waals surface area contributed by atoms with Crippen LogP contribution in [0.4, 0.5) is 14.9 Å². The predicted molar refractivity (Wildman–Crippen MR) is 117 cm³/mol. The van der Waals surface area contributed by atoms with E-state index in [1.807, 2.05) is 53.6 Å². The molecule has 0 aliphatic carbocycles. The van der Waals surface area contributed by atoms with Crippen molar-refractivity contribution in [2.75, 3.05) is 25.0 Å². The van der Waals surface area contributed by atoms with Crippen LogP contribution < -0.4 is 5.32 Å². The summed E-state index contributed by atoms with van der Waals surface area (Å²) < 4.78 is 16.1. The van der Waals surface area contributed by atoms with E-state index in [0.717, 1.165) is 11.3 Å². The molecule has 7 heteroatoms. The molecule has 2 aromatic carbocycles. The van der Waals surface area contributed by atoms with Gasteiger partial charge in [0.15, 0.2) is 0 Å². The fraction of sp³-hybridized carbons (Fsp3) is 0.250. The molecule has 0 fully saturated rings. The molecule has 2 heterocycles. The van der Waals surface area contributed by atoms with Gasteiger partial charge in [0.25, 0.3) is 0 Å². The van der Waals surface area contributed by atoms with Gasteiger partial charge in [-0.05, 0) is 36.8 Å². The first-order valence-corrected chi connectivity index (χ1v) is 10.4. The number of likely N-dealkylation sites (N-methyl/N-ethyl adjacent to an activating group) is 1. The molecule has 1 unspecified atom stereocenters. The largest absolute Gasteiger partial charge is 0.348 e. The average Bonchev–Trinajstić information content (AvgIpc) is 3.27. The second-order valence-corrected chi connectivity index (χ2v) is 7.45. The summed E-state index contributed by atoms with van der Waals surface area (Å²) >= 11 is 0. The first-order chi connectivity index (χ1) is 15.1. The molecular formula is C24H25FN4O2. The van der Waals surface area contributed by atoms with Crippen LogP contribution >= 0.6 is 0 Å². The fourth-order valence-electron chi connectivity index (χ4n) is 3.98. The third-order valence-electron chi connectivity index (χ3n) is 5.58. The van der Waals surface area contributed by atoms with E-state index >= 15 is 0 Å². The van der Waals surface area contributed by atoms with Crippen molar-refractivity contribution in [3.63, 3.8) is 0 Å². The van der Waals surface area contributed by atoms with E-state index in [0.29, 0.717) is 19.6 Å². The van der Waals surface area contributed by atoms with E-state index < -0.39 is 11.8 Å². The minimum absolute atomic E-state index is 0.0825. The Labute approximate surface area is 180 Å². The van der Waals surface area contributed by atoms with Crippen LogP contribution in [0.1, 0.15) is 24.2 Å². The van der Waals surface area contributed by atoms with Gasteiger partial charge in [-0.3, -0.25) is 4.79 Å². The minimum Gasteiger partial charge on any atom is -0.348 e. The number of nitrogens with one attached hydrogen (secondary N) is 1. The fourth-order valence-corrected chi connectivity index (χ4v) is 3.98. The van der Waals surface area contributed by atoms with Crippen LogP contribution in [0.15, 0.2) is 72.9 Å². The molecule has 1 aliphatic rings. The van der Waals surface area contributed by atoms with Crippen LogP contribution in [0, 0.1) is 5.82 Å². The number of para-hydroxylation sites is 1. The molecule has 0 bridgehead atoms. The van der Waals surface area contributed by atoms with E-state index in [4.69, 9.17) is 0 Å². The zero-order valence-electron chi connectivity index (χ0n) is 17.4. The minimum atomic E-state index is -0.515. The Morgan fingerprint density at radius 3 is 2.52 bits per heavy atom. The molecule has 1 N–H and O–H groups in total. The Morgan fingerprint density at radius 1 is 1.03 bits per heavy atom. The average molecular weight is 420 g/mol. The smallest absolute Gasteiger partial charge is 0.322 e. The summed E-state index contributed by atoms with van der Waals surface area (Å²) in [7, 11) is 0. The molecule has 3 amide bonds.